The van der Waals surface area contributed by atoms with Crippen LogP contribution in [0.4, 0.5) is 0 Å². The summed E-state index contributed by atoms with van der Waals surface area (Å²) in [4.78, 5) is 15.8. The van der Waals surface area contributed by atoms with Crippen LogP contribution in [0.15, 0.2) is 46.2 Å². The summed E-state index contributed by atoms with van der Waals surface area (Å²) in [6, 6.07) is 11.0. The summed E-state index contributed by atoms with van der Waals surface area (Å²) in [5.74, 6) is -0.986. The maximum atomic E-state index is 11.3. The lowest BCUT2D eigenvalue weighted by Crippen LogP contribution is -1.95. The van der Waals surface area contributed by atoms with Crippen LogP contribution in [0.25, 0.3) is 33.2 Å². The smallest absolute Gasteiger partial charge is 0.339 e. The molecular weight excluding hydrogens is 298 g/mol. The van der Waals surface area contributed by atoms with Crippen molar-refractivity contribution in [3.8, 4) is 11.3 Å². The van der Waals surface area contributed by atoms with Gasteiger partial charge in [0.25, 0.3) is 0 Å². The predicted molar refractivity (Wildman–Crippen MR) is 86.5 cm³/mol. The molecule has 22 heavy (non-hydrogen) atoms. The molecule has 5 heteroatoms. The van der Waals surface area contributed by atoms with E-state index in [1.54, 1.807) is 23.5 Å². The van der Waals surface area contributed by atoms with Gasteiger partial charge in [0.1, 0.15) is 16.7 Å². The number of fused-ring (bicyclic) bond motifs is 3. The monoisotopic (exact) mass is 309 g/mol. The molecule has 0 fully saturated rings. The Morgan fingerprint density at radius 1 is 1.23 bits per heavy atom. The number of thiazole rings is 1. The maximum absolute atomic E-state index is 11.3. The normalized spacial score (nSPS) is 11.3. The Morgan fingerprint density at radius 2 is 2.09 bits per heavy atom. The second kappa shape index (κ2) is 4.68. The van der Waals surface area contributed by atoms with Gasteiger partial charge in [-0.05, 0) is 31.2 Å². The molecule has 0 spiro atoms. The SMILES string of the molecule is Cc1nc(-c2ccc3oc4c(C(=O)O)cccc4c3c2)cs1. The quantitative estimate of drug-likeness (QED) is 0.582. The molecule has 1 N–H and O–H groups in total. The van der Waals surface area contributed by atoms with E-state index in [2.05, 4.69) is 4.98 Å². The number of carboxylic acids is 1. The van der Waals surface area contributed by atoms with Gasteiger partial charge in [0.05, 0.1) is 10.7 Å². The standard InChI is InChI=1S/C17H11NO3S/c1-9-18-14(8-22-9)10-5-6-15-13(7-10)11-3-2-4-12(17(19)20)16(11)21-15/h2-8H,1H3,(H,19,20). The molecule has 0 amide bonds. The molecule has 108 valence electrons. The summed E-state index contributed by atoms with van der Waals surface area (Å²) >= 11 is 1.60. The summed E-state index contributed by atoms with van der Waals surface area (Å²) in [5, 5.41) is 14.0. The molecule has 0 saturated heterocycles. The number of carboxylic acid groups (broad SMARTS) is 1. The van der Waals surface area contributed by atoms with Crippen molar-refractivity contribution in [3.05, 3.63) is 52.3 Å². The zero-order chi connectivity index (χ0) is 15.3. The number of aryl methyl sites for hydroxylation is 1. The minimum atomic E-state index is -0.986. The third-order valence-corrected chi connectivity index (χ3v) is 4.42. The van der Waals surface area contributed by atoms with E-state index in [1.165, 1.54) is 0 Å². The molecule has 4 aromatic rings. The molecule has 2 aromatic heterocycles. The second-order valence-electron chi connectivity index (χ2n) is 5.05. The number of hydrogen-bond acceptors (Lipinski definition) is 4. The van der Waals surface area contributed by atoms with E-state index >= 15 is 0 Å². The van der Waals surface area contributed by atoms with Crippen LogP contribution in [-0.2, 0) is 0 Å². The van der Waals surface area contributed by atoms with Crippen LogP contribution < -0.4 is 0 Å². The topological polar surface area (TPSA) is 63.3 Å². The number of para-hydroxylation sites is 1. The van der Waals surface area contributed by atoms with E-state index in [-0.39, 0.29) is 5.56 Å². The van der Waals surface area contributed by atoms with Crippen molar-refractivity contribution >= 4 is 39.2 Å². The molecule has 4 nitrogen and oxygen atoms in total. The van der Waals surface area contributed by atoms with Crippen molar-refractivity contribution in [1.82, 2.24) is 4.98 Å². The van der Waals surface area contributed by atoms with Gasteiger partial charge in [-0.15, -0.1) is 11.3 Å². The lowest BCUT2D eigenvalue weighted by Gasteiger charge is -1.97. The molecule has 4 rings (SSSR count). The summed E-state index contributed by atoms with van der Waals surface area (Å²) in [6.07, 6.45) is 0. The van der Waals surface area contributed by atoms with Crippen molar-refractivity contribution in [1.29, 1.82) is 0 Å². The predicted octanol–water partition coefficient (Wildman–Crippen LogP) is 4.72. The molecular formula is C17H11NO3S. The maximum Gasteiger partial charge on any atom is 0.339 e. The number of hydrogen-bond donors (Lipinski definition) is 1. The number of rotatable bonds is 2. The van der Waals surface area contributed by atoms with Crippen LogP contribution in [0.2, 0.25) is 0 Å². The minimum Gasteiger partial charge on any atom is -0.478 e. The van der Waals surface area contributed by atoms with Gasteiger partial charge in [-0.25, -0.2) is 9.78 Å². The molecule has 0 unspecified atom stereocenters. The molecule has 0 aliphatic rings. The molecule has 0 bridgehead atoms. The Balaban J connectivity index is 2.01. The highest BCUT2D eigenvalue weighted by Gasteiger charge is 2.15. The van der Waals surface area contributed by atoms with Crippen molar-refractivity contribution in [2.24, 2.45) is 0 Å². The van der Waals surface area contributed by atoms with Crippen molar-refractivity contribution in [3.63, 3.8) is 0 Å². The Bertz CT molecular complexity index is 1030. The molecule has 0 saturated carbocycles. The third-order valence-electron chi connectivity index (χ3n) is 3.64. The van der Waals surface area contributed by atoms with Crippen molar-refractivity contribution in [2.45, 2.75) is 6.92 Å². The summed E-state index contributed by atoms with van der Waals surface area (Å²) < 4.78 is 5.74. The summed E-state index contributed by atoms with van der Waals surface area (Å²) in [5.41, 5.74) is 3.20. The van der Waals surface area contributed by atoms with Gasteiger partial charge in [-0.2, -0.15) is 0 Å². The van der Waals surface area contributed by atoms with Crippen molar-refractivity contribution < 1.29 is 14.3 Å². The van der Waals surface area contributed by atoms with E-state index in [0.29, 0.717) is 11.2 Å². The number of furan rings is 1. The van der Waals surface area contributed by atoms with Gasteiger partial charge in [0.15, 0.2) is 0 Å². The van der Waals surface area contributed by atoms with E-state index < -0.39 is 5.97 Å². The fourth-order valence-corrected chi connectivity index (χ4v) is 3.24. The number of benzene rings is 2. The number of aromatic carboxylic acids is 1. The average Bonchev–Trinajstić information content (AvgIpc) is 3.09. The van der Waals surface area contributed by atoms with Crippen LogP contribution in [0.3, 0.4) is 0 Å². The Hall–Kier alpha value is -2.66. The Morgan fingerprint density at radius 3 is 2.82 bits per heavy atom. The molecule has 2 aromatic carbocycles. The van der Waals surface area contributed by atoms with Gasteiger partial charge >= 0.3 is 5.97 Å². The van der Waals surface area contributed by atoms with E-state index in [1.807, 2.05) is 36.6 Å². The van der Waals surface area contributed by atoms with E-state index in [4.69, 9.17) is 4.42 Å². The molecule has 0 aliphatic carbocycles. The third kappa shape index (κ3) is 1.90. The van der Waals surface area contributed by atoms with Gasteiger partial charge in [0, 0.05) is 21.7 Å². The zero-order valence-electron chi connectivity index (χ0n) is 11.7. The van der Waals surface area contributed by atoms with Crippen LogP contribution in [-0.4, -0.2) is 16.1 Å². The first kappa shape index (κ1) is 13.0. The first-order valence-corrected chi connectivity index (χ1v) is 7.62. The lowest BCUT2D eigenvalue weighted by molar-refractivity contribution is 0.0698. The summed E-state index contributed by atoms with van der Waals surface area (Å²) in [7, 11) is 0. The van der Waals surface area contributed by atoms with Gasteiger partial charge in [-0.3, -0.25) is 0 Å². The molecule has 2 heterocycles. The van der Waals surface area contributed by atoms with Crippen LogP contribution >= 0.6 is 11.3 Å². The van der Waals surface area contributed by atoms with E-state index in [0.717, 1.165) is 27.0 Å². The minimum absolute atomic E-state index is 0.180. The van der Waals surface area contributed by atoms with E-state index in [9.17, 15) is 9.90 Å². The molecule has 0 atom stereocenters. The Labute approximate surface area is 129 Å². The van der Waals surface area contributed by atoms with Crippen LogP contribution in [0, 0.1) is 6.92 Å². The van der Waals surface area contributed by atoms with Crippen LogP contribution in [0.1, 0.15) is 15.4 Å². The fourth-order valence-electron chi connectivity index (χ4n) is 2.62. The van der Waals surface area contributed by atoms with Gasteiger partial charge in [0.2, 0.25) is 0 Å². The number of carbonyl (C=O) groups is 1. The average molecular weight is 309 g/mol. The first-order chi connectivity index (χ1) is 10.6. The largest absolute Gasteiger partial charge is 0.478 e. The van der Waals surface area contributed by atoms with Gasteiger partial charge < -0.3 is 9.52 Å². The zero-order valence-corrected chi connectivity index (χ0v) is 12.5. The van der Waals surface area contributed by atoms with Crippen molar-refractivity contribution in [2.75, 3.05) is 0 Å². The molecule has 0 radical (unpaired) electrons. The Kier molecular flexibility index (Phi) is 2.77. The number of aromatic nitrogens is 1. The lowest BCUT2D eigenvalue weighted by atomic mass is 10.1. The highest BCUT2D eigenvalue weighted by atomic mass is 32.1. The summed E-state index contributed by atoms with van der Waals surface area (Å²) in [6.45, 7) is 1.97. The van der Waals surface area contributed by atoms with Crippen LogP contribution in [0.5, 0.6) is 0 Å². The van der Waals surface area contributed by atoms with Gasteiger partial charge in [-0.1, -0.05) is 12.1 Å². The first-order valence-electron chi connectivity index (χ1n) is 6.74. The highest BCUT2D eigenvalue weighted by molar-refractivity contribution is 7.09. The highest BCUT2D eigenvalue weighted by Crippen LogP contribution is 2.34. The fraction of sp³-hybridized carbons (Fsp3) is 0.0588. The molecule has 0 aliphatic heterocycles. The number of nitrogens with zero attached hydrogens (tertiary/aromatic N) is 1. The second-order valence-corrected chi connectivity index (χ2v) is 6.11.